The molecule has 168 valence electrons. The summed E-state index contributed by atoms with van der Waals surface area (Å²) in [5.74, 6) is -0.894. The summed E-state index contributed by atoms with van der Waals surface area (Å²) in [6.45, 7) is 10.1. The summed E-state index contributed by atoms with van der Waals surface area (Å²) in [6.07, 6.45) is -1.10. The minimum atomic E-state index is -2.78. The Morgan fingerprint density at radius 2 is 1.55 bits per heavy atom. The van der Waals surface area contributed by atoms with Crippen LogP contribution in [0.5, 0.6) is 0 Å². The Kier molecular flexibility index (Phi) is 7.03. The number of hydrogen-bond donors (Lipinski definition) is 2. The number of hydrogen-bond acceptors (Lipinski definition) is 6. The van der Waals surface area contributed by atoms with E-state index in [1.807, 2.05) is 36.4 Å². The molecule has 0 amide bonds. The molecule has 2 N–H and O–H groups in total. The van der Waals surface area contributed by atoms with Gasteiger partial charge in [-0.1, -0.05) is 86.6 Å². The summed E-state index contributed by atoms with van der Waals surface area (Å²) in [6, 6.07) is 20.5. The van der Waals surface area contributed by atoms with E-state index in [1.54, 1.807) is 13.8 Å². The van der Waals surface area contributed by atoms with Gasteiger partial charge in [-0.15, -0.1) is 0 Å². The Labute approximate surface area is 185 Å². The van der Waals surface area contributed by atoms with Gasteiger partial charge in [0, 0.05) is 0 Å². The van der Waals surface area contributed by atoms with E-state index in [4.69, 9.17) is 19.1 Å². The molecule has 0 aromatic heterocycles. The second-order valence-corrected chi connectivity index (χ2v) is 13.7. The van der Waals surface area contributed by atoms with Gasteiger partial charge in [0.2, 0.25) is 0 Å². The first-order valence-electron chi connectivity index (χ1n) is 10.6. The van der Waals surface area contributed by atoms with Crippen molar-refractivity contribution >= 4 is 24.9 Å². The van der Waals surface area contributed by atoms with Gasteiger partial charge in [0.1, 0.15) is 18.3 Å². The molecule has 0 aliphatic carbocycles. The van der Waals surface area contributed by atoms with E-state index >= 15 is 0 Å². The average Bonchev–Trinajstić information content (AvgIpc) is 3.03. The SMILES string of the molecule is CC1(C)O[C@@H]([C@H](O)CO[Si](c2ccccc2)(c2ccccc2)C(C)(C)C)[C@@H](/C=N/O)O1. The molecule has 31 heavy (non-hydrogen) atoms. The maximum Gasteiger partial charge on any atom is 0.261 e. The lowest BCUT2D eigenvalue weighted by molar-refractivity contribution is -0.154. The first-order chi connectivity index (χ1) is 14.6. The van der Waals surface area contributed by atoms with E-state index in [2.05, 4.69) is 50.2 Å². The lowest BCUT2D eigenvalue weighted by Crippen LogP contribution is -2.67. The topological polar surface area (TPSA) is 80.5 Å². The predicted molar refractivity (Wildman–Crippen MR) is 124 cm³/mol. The van der Waals surface area contributed by atoms with Crippen LogP contribution in [0.15, 0.2) is 65.8 Å². The second-order valence-electron chi connectivity index (χ2n) is 9.37. The Morgan fingerprint density at radius 3 is 2.00 bits per heavy atom. The van der Waals surface area contributed by atoms with Gasteiger partial charge in [-0.3, -0.25) is 0 Å². The molecule has 1 heterocycles. The van der Waals surface area contributed by atoms with Crippen molar-refractivity contribution in [3.05, 3.63) is 60.7 Å². The van der Waals surface area contributed by atoms with E-state index in [1.165, 1.54) is 6.21 Å². The number of oxime groups is 1. The zero-order valence-corrected chi connectivity index (χ0v) is 19.9. The molecule has 2 aromatic rings. The number of nitrogens with zero attached hydrogens (tertiary/aromatic N) is 1. The summed E-state index contributed by atoms with van der Waals surface area (Å²) in [5, 5.41) is 25.2. The molecule has 1 aliphatic rings. The summed E-state index contributed by atoms with van der Waals surface area (Å²) >= 11 is 0. The Balaban J connectivity index is 1.96. The van der Waals surface area contributed by atoms with Crippen LogP contribution < -0.4 is 10.4 Å². The lowest BCUT2D eigenvalue weighted by atomic mass is 10.1. The summed E-state index contributed by atoms with van der Waals surface area (Å²) in [5.41, 5.74) is 0. The zero-order chi connectivity index (χ0) is 22.7. The smallest absolute Gasteiger partial charge is 0.261 e. The third-order valence-corrected chi connectivity index (χ3v) is 10.6. The highest BCUT2D eigenvalue weighted by molar-refractivity contribution is 6.99. The third-order valence-electron chi connectivity index (χ3n) is 5.64. The fourth-order valence-electron chi connectivity index (χ4n) is 4.36. The molecule has 6 nitrogen and oxygen atoms in total. The quantitative estimate of drug-likeness (QED) is 0.298. The Morgan fingerprint density at radius 1 is 1.03 bits per heavy atom. The molecule has 1 saturated heterocycles. The van der Waals surface area contributed by atoms with Crippen molar-refractivity contribution in [1.29, 1.82) is 0 Å². The Bertz CT molecular complexity index is 827. The molecule has 0 unspecified atom stereocenters. The largest absolute Gasteiger partial charge is 0.411 e. The molecule has 0 radical (unpaired) electrons. The van der Waals surface area contributed by atoms with Crippen LogP contribution >= 0.6 is 0 Å². The van der Waals surface area contributed by atoms with E-state index < -0.39 is 32.4 Å². The van der Waals surface area contributed by atoms with Gasteiger partial charge < -0.3 is 24.2 Å². The molecule has 0 spiro atoms. The van der Waals surface area contributed by atoms with Gasteiger partial charge in [0.25, 0.3) is 8.32 Å². The van der Waals surface area contributed by atoms with E-state index in [0.717, 1.165) is 10.4 Å². The van der Waals surface area contributed by atoms with Crippen LogP contribution in [0.1, 0.15) is 34.6 Å². The van der Waals surface area contributed by atoms with E-state index in [-0.39, 0.29) is 11.6 Å². The zero-order valence-electron chi connectivity index (χ0n) is 18.9. The molecule has 3 atom stereocenters. The highest BCUT2D eigenvalue weighted by Gasteiger charge is 2.51. The number of rotatable bonds is 7. The van der Waals surface area contributed by atoms with Gasteiger partial charge in [0.15, 0.2) is 5.79 Å². The van der Waals surface area contributed by atoms with Crippen molar-refractivity contribution in [3.8, 4) is 0 Å². The number of aliphatic hydroxyl groups is 1. The van der Waals surface area contributed by atoms with Gasteiger partial charge in [0.05, 0.1) is 12.8 Å². The van der Waals surface area contributed by atoms with Crippen molar-refractivity contribution < 1.29 is 24.2 Å². The Hall–Kier alpha value is -2.03. The fourth-order valence-corrected chi connectivity index (χ4v) is 8.94. The monoisotopic (exact) mass is 443 g/mol. The van der Waals surface area contributed by atoms with Gasteiger partial charge in [-0.05, 0) is 29.3 Å². The van der Waals surface area contributed by atoms with Crippen molar-refractivity contribution in [2.45, 2.75) is 63.8 Å². The van der Waals surface area contributed by atoms with Crippen molar-refractivity contribution in [3.63, 3.8) is 0 Å². The second kappa shape index (κ2) is 9.22. The van der Waals surface area contributed by atoms with Crippen molar-refractivity contribution in [1.82, 2.24) is 0 Å². The standard InChI is InChI=1S/C24H33NO5Si/c1-23(2,3)31(18-12-8-6-9-13-18,19-14-10-7-11-15-19)28-17-20(26)22-21(16-25-27)29-24(4,5)30-22/h6-16,20-22,26-27H,17H2,1-5H3/b25-16+/t20-,21-,22+/m1/s1. The maximum absolute atomic E-state index is 11.1. The van der Waals surface area contributed by atoms with Crippen molar-refractivity contribution in [2.24, 2.45) is 5.16 Å². The van der Waals surface area contributed by atoms with Crippen molar-refractivity contribution in [2.75, 3.05) is 6.61 Å². The molecule has 1 aliphatic heterocycles. The minimum Gasteiger partial charge on any atom is -0.411 e. The summed E-state index contributed by atoms with van der Waals surface area (Å²) in [4.78, 5) is 0. The first-order valence-corrected chi connectivity index (χ1v) is 12.5. The van der Waals surface area contributed by atoms with Crippen LogP contribution in [0.25, 0.3) is 0 Å². The highest BCUT2D eigenvalue weighted by Crippen LogP contribution is 2.37. The normalized spacial score (nSPS) is 22.6. The van der Waals surface area contributed by atoms with Gasteiger partial charge >= 0.3 is 0 Å². The van der Waals surface area contributed by atoms with Crippen LogP contribution in [-0.2, 0) is 13.9 Å². The van der Waals surface area contributed by atoms with Crippen LogP contribution in [0.3, 0.4) is 0 Å². The molecule has 0 saturated carbocycles. The summed E-state index contributed by atoms with van der Waals surface area (Å²) in [7, 11) is -2.78. The van der Waals surface area contributed by atoms with Gasteiger partial charge in [-0.2, -0.15) is 0 Å². The molecule has 0 bridgehead atoms. The highest BCUT2D eigenvalue weighted by atomic mass is 28.4. The first kappa shape index (κ1) is 23.6. The fraction of sp³-hybridized carbons (Fsp3) is 0.458. The summed E-state index contributed by atoms with van der Waals surface area (Å²) < 4.78 is 18.4. The average molecular weight is 444 g/mol. The van der Waals surface area contributed by atoms with E-state index in [0.29, 0.717) is 0 Å². The van der Waals surface area contributed by atoms with Crippen LogP contribution in [0.2, 0.25) is 5.04 Å². The van der Waals surface area contributed by atoms with E-state index in [9.17, 15) is 5.11 Å². The van der Waals surface area contributed by atoms with Crippen LogP contribution in [0, 0.1) is 0 Å². The lowest BCUT2D eigenvalue weighted by Gasteiger charge is -2.43. The molecule has 3 rings (SSSR count). The molecule has 7 heteroatoms. The molecular weight excluding hydrogens is 410 g/mol. The van der Waals surface area contributed by atoms with Gasteiger partial charge in [-0.25, -0.2) is 0 Å². The van der Waals surface area contributed by atoms with Crippen LogP contribution in [-0.4, -0.2) is 55.6 Å². The molecular formula is C24H33NO5Si. The van der Waals surface area contributed by atoms with Crippen LogP contribution in [0.4, 0.5) is 0 Å². The number of aliphatic hydroxyl groups excluding tert-OH is 1. The number of benzene rings is 2. The molecule has 1 fully saturated rings. The minimum absolute atomic E-state index is 0.0627. The third kappa shape index (κ3) is 4.91. The predicted octanol–water partition coefficient (Wildman–Crippen LogP) is 2.90. The molecule has 2 aromatic carbocycles. The number of ether oxygens (including phenoxy) is 2. The maximum atomic E-state index is 11.1.